The maximum atomic E-state index is 5.34. The van der Waals surface area contributed by atoms with Crippen LogP contribution in [0.4, 0.5) is 5.69 Å². The van der Waals surface area contributed by atoms with Crippen molar-refractivity contribution in [1.29, 1.82) is 0 Å². The van der Waals surface area contributed by atoms with Crippen LogP contribution >= 0.6 is 0 Å². The van der Waals surface area contributed by atoms with E-state index < -0.39 is 0 Å². The molecule has 0 saturated carbocycles. The average Bonchev–Trinajstić information content (AvgIpc) is 2.70. The third-order valence-corrected chi connectivity index (χ3v) is 3.90. The predicted octanol–water partition coefficient (Wildman–Crippen LogP) is 3.03. The van der Waals surface area contributed by atoms with Crippen LogP contribution in [0.25, 0.3) is 5.70 Å². The van der Waals surface area contributed by atoms with E-state index in [1.54, 1.807) is 0 Å². The molecule has 140 valence electrons. The van der Waals surface area contributed by atoms with Gasteiger partial charge in [0.1, 0.15) is 5.84 Å². The average molecular weight is 355 g/mol. The van der Waals surface area contributed by atoms with Crippen LogP contribution in [-0.2, 0) is 4.74 Å². The molecule has 2 rings (SSSR count). The molecule has 1 aromatic rings. The van der Waals surface area contributed by atoms with Crippen molar-refractivity contribution in [2.24, 2.45) is 15.0 Å². The second kappa shape index (κ2) is 11.2. The lowest BCUT2D eigenvalue weighted by Crippen LogP contribution is -2.26. The van der Waals surface area contributed by atoms with Crippen LogP contribution in [0.5, 0.6) is 0 Å². The third kappa shape index (κ3) is 6.44. The van der Waals surface area contributed by atoms with Crippen molar-refractivity contribution in [3.8, 4) is 0 Å². The minimum Gasteiger partial charge on any atom is -0.383 e. The highest BCUT2D eigenvalue weighted by Crippen LogP contribution is 2.19. The Morgan fingerprint density at radius 1 is 1.15 bits per heavy atom. The maximum Gasteiger partial charge on any atom is 0.147 e. The van der Waals surface area contributed by atoms with E-state index in [9.17, 15) is 0 Å². The van der Waals surface area contributed by atoms with Gasteiger partial charge < -0.3 is 15.4 Å². The largest absolute Gasteiger partial charge is 0.383 e. The number of ether oxygens (including phenoxy) is 1. The summed E-state index contributed by atoms with van der Waals surface area (Å²) in [5, 5.41) is 6.50. The summed E-state index contributed by atoms with van der Waals surface area (Å²) in [5.41, 5.74) is 3.87. The Hall–Kier alpha value is -2.47. The topological polar surface area (TPSA) is 70.4 Å². The smallest absolute Gasteiger partial charge is 0.147 e. The zero-order valence-corrected chi connectivity index (χ0v) is 16.0. The fourth-order valence-electron chi connectivity index (χ4n) is 2.49. The first-order valence-corrected chi connectivity index (χ1v) is 9.14. The molecule has 0 fully saturated rings. The molecule has 1 heterocycles. The van der Waals surface area contributed by atoms with E-state index in [0.717, 1.165) is 61.2 Å². The molecule has 0 spiro atoms. The summed E-state index contributed by atoms with van der Waals surface area (Å²) in [5.74, 6) is 0.783. The van der Waals surface area contributed by atoms with Gasteiger partial charge in [0.2, 0.25) is 0 Å². The number of rotatable bonds is 6. The van der Waals surface area contributed by atoms with Crippen molar-refractivity contribution in [1.82, 2.24) is 5.32 Å². The molecule has 1 aliphatic heterocycles. The molecule has 0 saturated heterocycles. The van der Waals surface area contributed by atoms with Gasteiger partial charge in [0.25, 0.3) is 0 Å². The number of hydrogen-bond acceptors (Lipinski definition) is 6. The molecule has 0 bridgehead atoms. The molecular formula is C20H29N5O. The van der Waals surface area contributed by atoms with Crippen LogP contribution in [0.3, 0.4) is 0 Å². The normalized spacial score (nSPS) is 22.7. The van der Waals surface area contributed by atoms with Crippen LogP contribution in [0.1, 0.15) is 25.8 Å². The lowest BCUT2D eigenvalue weighted by molar-refractivity contribution is 0.158. The number of allylic oxidation sites excluding steroid dienone is 1. The van der Waals surface area contributed by atoms with E-state index in [4.69, 9.17) is 9.73 Å². The Morgan fingerprint density at radius 3 is 2.69 bits per heavy atom. The maximum absolute atomic E-state index is 5.34. The monoisotopic (exact) mass is 355 g/mol. The third-order valence-electron chi connectivity index (χ3n) is 3.90. The second-order valence-corrected chi connectivity index (χ2v) is 5.84. The molecule has 1 aliphatic rings. The van der Waals surface area contributed by atoms with Gasteiger partial charge in [0.05, 0.1) is 18.0 Å². The van der Waals surface area contributed by atoms with Gasteiger partial charge >= 0.3 is 0 Å². The molecule has 0 amide bonds. The first-order valence-electron chi connectivity index (χ1n) is 9.14. The molecule has 0 unspecified atom stereocenters. The van der Waals surface area contributed by atoms with Gasteiger partial charge in [-0.1, -0.05) is 12.1 Å². The Balaban J connectivity index is 2.20. The summed E-state index contributed by atoms with van der Waals surface area (Å²) in [6, 6.07) is 8.23. The van der Waals surface area contributed by atoms with Crippen LogP contribution in [0.15, 0.2) is 45.3 Å². The highest BCUT2D eigenvalue weighted by atomic mass is 16.5. The first kappa shape index (κ1) is 19.8. The number of hydrogen-bond donors (Lipinski definition) is 2. The highest BCUT2D eigenvalue weighted by Gasteiger charge is 2.06. The quantitative estimate of drug-likeness (QED) is 0.771. The minimum absolute atomic E-state index is 0.703. The molecule has 1 aromatic carbocycles. The summed E-state index contributed by atoms with van der Waals surface area (Å²) < 4.78 is 5.34. The van der Waals surface area contributed by atoms with E-state index in [0.29, 0.717) is 6.61 Å². The summed E-state index contributed by atoms with van der Waals surface area (Å²) in [7, 11) is 1.87. The van der Waals surface area contributed by atoms with Crippen molar-refractivity contribution in [2.45, 2.75) is 20.3 Å². The van der Waals surface area contributed by atoms with Crippen molar-refractivity contribution in [3.63, 3.8) is 0 Å². The van der Waals surface area contributed by atoms with Gasteiger partial charge in [0, 0.05) is 50.8 Å². The summed E-state index contributed by atoms with van der Waals surface area (Å²) in [6.45, 7) is 7.76. The van der Waals surface area contributed by atoms with Gasteiger partial charge in [-0.25, -0.2) is 4.99 Å². The van der Waals surface area contributed by atoms with Crippen molar-refractivity contribution in [2.75, 3.05) is 45.2 Å². The van der Waals surface area contributed by atoms with Crippen LogP contribution < -0.4 is 10.6 Å². The van der Waals surface area contributed by atoms with E-state index in [-0.39, 0.29) is 0 Å². The fraction of sp³-hybridized carbons (Fsp3) is 0.450. The van der Waals surface area contributed by atoms with Gasteiger partial charge in [-0.05, 0) is 38.5 Å². The van der Waals surface area contributed by atoms with Gasteiger partial charge in [0.15, 0.2) is 0 Å². The Bertz CT molecular complexity index is 674. The van der Waals surface area contributed by atoms with Crippen LogP contribution in [-0.4, -0.2) is 57.7 Å². The number of amidine groups is 1. The van der Waals surface area contributed by atoms with Gasteiger partial charge in [-0.15, -0.1) is 0 Å². The molecule has 0 atom stereocenters. The molecule has 0 aliphatic carbocycles. The lowest BCUT2D eigenvalue weighted by atomic mass is 10.1. The number of nitrogens with zero attached hydrogens (tertiary/aromatic N) is 3. The molecule has 0 aromatic heterocycles. The van der Waals surface area contributed by atoms with Crippen LogP contribution in [0.2, 0.25) is 0 Å². The zero-order chi connectivity index (χ0) is 18.6. The van der Waals surface area contributed by atoms with E-state index in [1.165, 1.54) is 0 Å². The molecule has 6 nitrogen and oxygen atoms in total. The first-order chi connectivity index (χ1) is 12.7. The number of aliphatic imine (C=N–C) groups is 3. The highest BCUT2D eigenvalue weighted by molar-refractivity contribution is 6.41. The standard InChI is InChI=1S/C20H29N5O/c1-4-26-15-14-24-18-8-6-17(7-9-18)19-10-13-22-11-5-12-23-16(2)20(21-3)25-19/h6-10,13,24H,4-5,11-12,14-15H2,1-3H3,(H,21,25)/b19-10-,22-13+,23-16+. The Morgan fingerprint density at radius 2 is 1.96 bits per heavy atom. The molecule has 0 radical (unpaired) electrons. The van der Waals surface area contributed by atoms with Crippen molar-refractivity contribution in [3.05, 3.63) is 35.9 Å². The summed E-state index contributed by atoms with van der Waals surface area (Å²) >= 11 is 0. The van der Waals surface area contributed by atoms with E-state index in [2.05, 4.69) is 44.9 Å². The Kier molecular flexibility index (Phi) is 8.55. The minimum atomic E-state index is 0.703. The summed E-state index contributed by atoms with van der Waals surface area (Å²) in [6.07, 6.45) is 4.73. The van der Waals surface area contributed by atoms with E-state index in [1.807, 2.05) is 33.2 Å². The fourth-order valence-corrected chi connectivity index (χ4v) is 2.49. The number of nitrogens with one attached hydrogen (secondary N) is 2. The van der Waals surface area contributed by atoms with Gasteiger partial charge in [-0.3, -0.25) is 9.98 Å². The molecule has 6 heteroatoms. The SMILES string of the molecule is CCOCCNc1ccc(C2=C/C=N/CCC/N=C(C)/C(NC)=N\2)cc1. The zero-order valence-electron chi connectivity index (χ0n) is 16.0. The number of benzene rings is 1. The molecule has 26 heavy (non-hydrogen) atoms. The van der Waals surface area contributed by atoms with Crippen molar-refractivity contribution >= 4 is 29.1 Å². The number of anilines is 1. The lowest BCUT2D eigenvalue weighted by Gasteiger charge is -2.10. The van der Waals surface area contributed by atoms with Crippen LogP contribution in [0, 0.1) is 0 Å². The molecule has 2 N–H and O–H groups in total. The predicted molar refractivity (Wildman–Crippen MR) is 112 cm³/mol. The van der Waals surface area contributed by atoms with Crippen molar-refractivity contribution < 1.29 is 4.74 Å². The second-order valence-electron chi connectivity index (χ2n) is 5.84. The molecular weight excluding hydrogens is 326 g/mol. The van der Waals surface area contributed by atoms with E-state index >= 15 is 0 Å². The summed E-state index contributed by atoms with van der Waals surface area (Å²) in [4.78, 5) is 13.8. The van der Waals surface area contributed by atoms with Gasteiger partial charge in [-0.2, -0.15) is 0 Å². The Labute approximate surface area is 156 Å².